The maximum Gasteiger partial charge on any atom is 0.251 e. The molecule has 0 aliphatic heterocycles. The number of allylic oxidation sites excluding steroid dienone is 2. The third kappa shape index (κ3) is 4.03. The molecule has 1 fully saturated rings. The molecule has 2 aromatic carbocycles. The average Bonchev–Trinajstić information content (AvgIpc) is 3.45. The smallest absolute Gasteiger partial charge is 0.251 e. The molecule has 0 radical (unpaired) electrons. The van der Waals surface area contributed by atoms with Gasteiger partial charge in [0.15, 0.2) is 0 Å². The van der Waals surface area contributed by atoms with Crippen LogP contribution in [0, 0.1) is 0 Å². The Morgan fingerprint density at radius 1 is 1.09 bits per heavy atom. The number of H-pyrrole nitrogens is 1. The van der Waals surface area contributed by atoms with Crippen molar-refractivity contribution in [1.82, 2.24) is 15.5 Å². The van der Waals surface area contributed by atoms with E-state index in [0.717, 1.165) is 64.9 Å². The molecular weight excluding hydrogens is 438 g/mol. The van der Waals surface area contributed by atoms with Crippen molar-refractivity contribution < 1.29 is 15.0 Å². The highest BCUT2D eigenvalue weighted by atomic mass is 16.3. The largest absolute Gasteiger partial charge is 0.393 e. The Bertz CT molecular complexity index is 1330. The number of carbonyl (C=O) groups excluding carboxylic acids is 1. The van der Waals surface area contributed by atoms with Crippen LogP contribution < -0.4 is 5.32 Å². The molecule has 35 heavy (non-hydrogen) atoms. The van der Waals surface area contributed by atoms with Gasteiger partial charge in [-0.15, -0.1) is 0 Å². The molecule has 0 saturated heterocycles. The van der Waals surface area contributed by atoms with Gasteiger partial charge in [-0.1, -0.05) is 48.6 Å². The maximum atomic E-state index is 12.9. The summed E-state index contributed by atoms with van der Waals surface area (Å²) >= 11 is 0. The van der Waals surface area contributed by atoms with E-state index in [4.69, 9.17) is 0 Å². The van der Waals surface area contributed by atoms with E-state index in [2.05, 4.69) is 33.7 Å². The van der Waals surface area contributed by atoms with E-state index in [1.807, 2.05) is 48.6 Å². The number of fused-ring (bicyclic) bond motifs is 3. The van der Waals surface area contributed by atoms with Crippen molar-refractivity contribution in [3.05, 3.63) is 94.7 Å². The topological polar surface area (TPSA) is 98.2 Å². The van der Waals surface area contributed by atoms with Crippen LogP contribution in [-0.4, -0.2) is 38.5 Å². The van der Waals surface area contributed by atoms with Gasteiger partial charge in [0.2, 0.25) is 0 Å². The second-order valence-electron chi connectivity index (χ2n) is 9.94. The lowest BCUT2D eigenvalue weighted by Crippen LogP contribution is -2.38. The van der Waals surface area contributed by atoms with Crippen LogP contribution in [0.15, 0.2) is 66.8 Å². The number of benzene rings is 2. The van der Waals surface area contributed by atoms with E-state index in [9.17, 15) is 15.0 Å². The van der Waals surface area contributed by atoms with Crippen molar-refractivity contribution in [2.45, 2.75) is 56.3 Å². The molecule has 1 amide bonds. The molecule has 1 saturated carbocycles. The number of nitrogens with zero attached hydrogens (tertiary/aromatic N) is 1. The van der Waals surface area contributed by atoms with Crippen molar-refractivity contribution in [2.75, 3.05) is 0 Å². The zero-order valence-electron chi connectivity index (χ0n) is 19.5. The second kappa shape index (κ2) is 8.63. The summed E-state index contributed by atoms with van der Waals surface area (Å²) in [5.41, 5.74) is 6.32. The first-order valence-corrected chi connectivity index (χ1v) is 12.4. The summed E-state index contributed by atoms with van der Waals surface area (Å²) in [5.74, 6) is -0.0760. The molecule has 0 bridgehead atoms. The number of hydrogen-bond donors (Lipinski definition) is 4. The van der Waals surface area contributed by atoms with Gasteiger partial charge in [-0.25, -0.2) is 0 Å². The Morgan fingerprint density at radius 2 is 1.89 bits per heavy atom. The standard InChI is InChI=1S/C29H29N3O3/c33-23-9-7-22(8-10-23)30-28(34)20-6-11-24-21(16-20)17-25-26(24)31-32-27(25)29(35)14-12-19(13-15-29)18-4-2-1-3-5-18/h1-6,11-14,16,22-23,33,35H,7-10,15,17H2,(H,30,34)(H,31,32). The van der Waals surface area contributed by atoms with Crippen molar-refractivity contribution in [3.8, 4) is 11.3 Å². The third-order valence-corrected chi connectivity index (χ3v) is 7.60. The summed E-state index contributed by atoms with van der Waals surface area (Å²) in [7, 11) is 0. The summed E-state index contributed by atoms with van der Waals surface area (Å²) in [5, 5.41) is 32.0. The van der Waals surface area contributed by atoms with Crippen LogP contribution in [0.5, 0.6) is 0 Å². The normalized spacial score (nSPS) is 25.0. The van der Waals surface area contributed by atoms with Gasteiger partial charge in [0.25, 0.3) is 5.91 Å². The molecule has 3 aromatic rings. The van der Waals surface area contributed by atoms with E-state index in [1.165, 1.54) is 0 Å². The number of rotatable bonds is 4. The Hall–Kier alpha value is -3.48. The van der Waals surface area contributed by atoms with Crippen molar-refractivity contribution >= 4 is 11.5 Å². The summed E-state index contributed by atoms with van der Waals surface area (Å²) in [6.07, 6.45) is 9.82. The number of aromatic nitrogens is 2. The van der Waals surface area contributed by atoms with Crippen LogP contribution in [0.25, 0.3) is 16.8 Å². The SMILES string of the molecule is O=C(NC1CCC(O)CC1)c1ccc2c(c1)Cc1c-2n[nH]c1C1(O)C=CC(c2ccccc2)=CC1. The molecule has 1 heterocycles. The van der Waals surface area contributed by atoms with Crippen LogP contribution in [-0.2, 0) is 12.0 Å². The van der Waals surface area contributed by atoms with Crippen molar-refractivity contribution in [1.29, 1.82) is 0 Å². The molecule has 4 N–H and O–H groups in total. The Morgan fingerprint density at radius 3 is 2.63 bits per heavy atom. The lowest BCUT2D eigenvalue weighted by Gasteiger charge is -2.26. The van der Waals surface area contributed by atoms with E-state index < -0.39 is 5.60 Å². The molecule has 0 spiro atoms. The lowest BCUT2D eigenvalue weighted by molar-refractivity contribution is 0.0860. The van der Waals surface area contributed by atoms with Gasteiger partial charge in [0.1, 0.15) is 5.60 Å². The molecule has 3 aliphatic carbocycles. The third-order valence-electron chi connectivity index (χ3n) is 7.60. The second-order valence-corrected chi connectivity index (χ2v) is 9.94. The molecule has 6 rings (SSSR count). The summed E-state index contributed by atoms with van der Waals surface area (Å²) < 4.78 is 0. The van der Waals surface area contributed by atoms with Gasteiger partial charge >= 0.3 is 0 Å². The van der Waals surface area contributed by atoms with Gasteiger partial charge in [-0.2, -0.15) is 5.10 Å². The maximum absolute atomic E-state index is 12.9. The highest BCUT2D eigenvalue weighted by Crippen LogP contribution is 2.43. The molecular formula is C29H29N3O3. The van der Waals surface area contributed by atoms with Crippen LogP contribution >= 0.6 is 0 Å². The van der Waals surface area contributed by atoms with Crippen LogP contribution in [0.1, 0.15) is 64.8 Å². The molecule has 6 nitrogen and oxygen atoms in total. The number of amides is 1. The monoisotopic (exact) mass is 467 g/mol. The lowest BCUT2D eigenvalue weighted by atomic mass is 9.85. The molecule has 1 unspecified atom stereocenters. The molecule has 3 aliphatic rings. The van der Waals surface area contributed by atoms with Crippen molar-refractivity contribution in [3.63, 3.8) is 0 Å². The quantitative estimate of drug-likeness (QED) is 0.361. The van der Waals surface area contributed by atoms with E-state index in [-0.39, 0.29) is 18.1 Å². The van der Waals surface area contributed by atoms with Crippen LogP contribution in [0.4, 0.5) is 0 Å². The number of aliphatic hydroxyl groups is 2. The van der Waals surface area contributed by atoms with E-state index >= 15 is 0 Å². The molecule has 1 atom stereocenters. The first-order valence-electron chi connectivity index (χ1n) is 12.4. The Balaban J connectivity index is 1.20. The molecule has 6 heteroatoms. The van der Waals surface area contributed by atoms with Gasteiger partial charge in [-0.3, -0.25) is 9.89 Å². The fourth-order valence-corrected chi connectivity index (χ4v) is 5.57. The first kappa shape index (κ1) is 22.0. The number of aromatic amines is 1. The summed E-state index contributed by atoms with van der Waals surface area (Å²) in [6, 6.07) is 16.0. The number of carbonyl (C=O) groups is 1. The highest BCUT2D eigenvalue weighted by Gasteiger charge is 2.36. The predicted molar refractivity (Wildman–Crippen MR) is 135 cm³/mol. The molecule has 1 aromatic heterocycles. The minimum Gasteiger partial charge on any atom is -0.393 e. The van der Waals surface area contributed by atoms with E-state index in [1.54, 1.807) is 0 Å². The van der Waals surface area contributed by atoms with Gasteiger partial charge < -0.3 is 15.5 Å². The zero-order valence-corrected chi connectivity index (χ0v) is 19.5. The predicted octanol–water partition coefficient (Wildman–Crippen LogP) is 4.25. The fraction of sp³-hybridized carbons (Fsp3) is 0.310. The van der Waals surface area contributed by atoms with Gasteiger partial charge in [0, 0.05) is 35.6 Å². The fourth-order valence-electron chi connectivity index (χ4n) is 5.57. The minimum atomic E-state index is -1.15. The number of nitrogens with one attached hydrogen (secondary N) is 2. The van der Waals surface area contributed by atoms with Crippen molar-refractivity contribution in [2.24, 2.45) is 0 Å². The van der Waals surface area contributed by atoms with Gasteiger partial charge in [0.05, 0.1) is 17.5 Å². The van der Waals surface area contributed by atoms with Gasteiger partial charge in [-0.05, 0) is 60.6 Å². The van der Waals surface area contributed by atoms with E-state index in [0.29, 0.717) is 18.4 Å². The number of aliphatic hydroxyl groups excluding tert-OH is 1. The average molecular weight is 468 g/mol. The summed E-state index contributed by atoms with van der Waals surface area (Å²) in [4.78, 5) is 12.9. The summed E-state index contributed by atoms with van der Waals surface area (Å²) in [6.45, 7) is 0. The molecule has 178 valence electrons. The zero-order chi connectivity index (χ0) is 24.0. The first-order chi connectivity index (χ1) is 17.0. The number of hydrogen-bond acceptors (Lipinski definition) is 4. The minimum absolute atomic E-state index is 0.0760. The Labute approximate surface area is 204 Å². The Kier molecular flexibility index (Phi) is 5.43. The highest BCUT2D eigenvalue weighted by molar-refractivity contribution is 5.95. The van der Waals surface area contributed by atoms with Crippen LogP contribution in [0.2, 0.25) is 0 Å². The van der Waals surface area contributed by atoms with Crippen LogP contribution in [0.3, 0.4) is 0 Å².